The molecule has 1 amide bonds. The first-order valence-electron chi connectivity index (χ1n) is 10.6. The predicted molar refractivity (Wildman–Crippen MR) is 117 cm³/mol. The van der Waals surface area contributed by atoms with Crippen molar-refractivity contribution < 1.29 is 18.4 Å². The normalized spacial score (nSPS) is 16.2. The van der Waals surface area contributed by atoms with Crippen LogP contribution in [0.1, 0.15) is 41.4 Å². The minimum Gasteiger partial charge on any atom is -0.368 e. The number of hydrogen-bond donors (Lipinski definition) is 0. The van der Waals surface area contributed by atoms with Crippen LogP contribution in [0.3, 0.4) is 0 Å². The third-order valence-electron chi connectivity index (χ3n) is 5.27. The Hall–Kier alpha value is -3.33. The number of carbonyl (C=O) groups excluding carboxylic acids is 1. The highest BCUT2D eigenvalue weighted by molar-refractivity contribution is 5.92. The molecule has 1 aliphatic rings. The Balaban J connectivity index is 1.64. The van der Waals surface area contributed by atoms with Crippen molar-refractivity contribution in [3.8, 4) is 11.1 Å². The first-order chi connectivity index (χ1) is 15.5. The average molecular weight is 439 g/mol. The second-order valence-corrected chi connectivity index (χ2v) is 7.91. The fourth-order valence-corrected chi connectivity index (χ4v) is 3.66. The van der Waals surface area contributed by atoms with Crippen molar-refractivity contribution in [2.24, 2.45) is 0 Å². The van der Waals surface area contributed by atoms with Gasteiger partial charge in [0.05, 0.1) is 18.8 Å². The van der Waals surface area contributed by atoms with Crippen LogP contribution >= 0.6 is 0 Å². The van der Waals surface area contributed by atoms with E-state index in [1.807, 2.05) is 21.0 Å². The Morgan fingerprint density at radius 2 is 2.16 bits per heavy atom. The van der Waals surface area contributed by atoms with Crippen LogP contribution in [0.2, 0.25) is 0 Å². The van der Waals surface area contributed by atoms with Gasteiger partial charge in [-0.2, -0.15) is 0 Å². The number of halogens is 1. The van der Waals surface area contributed by atoms with Crippen molar-refractivity contribution in [2.75, 3.05) is 38.7 Å². The van der Waals surface area contributed by atoms with Gasteiger partial charge in [0.25, 0.3) is 5.91 Å². The highest BCUT2D eigenvalue weighted by Crippen LogP contribution is 2.32. The molecule has 0 bridgehead atoms. The van der Waals surface area contributed by atoms with Crippen LogP contribution in [-0.4, -0.2) is 59.7 Å². The monoisotopic (exact) mass is 439 g/mol. The quantitative estimate of drug-likeness (QED) is 0.581. The van der Waals surface area contributed by atoms with Crippen LogP contribution in [0.15, 0.2) is 41.1 Å². The summed E-state index contributed by atoms with van der Waals surface area (Å²) in [5.74, 6) is 0.646. The third-order valence-corrected chi connectivity index (χ3v) is 5.27. The van der Waals surface area contributed by atoms with Crippen molar-refractivity contribution in [1.82, 2.24) is 20.0 Å². The zero-order chi connectivity index (χ0) is 22.7. The number of anilines is 1. The summed E-state index contributed by atoms with van der Waals surface area (Å²) >= 11 is 0. The largest absolute Gasteiger partial charge is 0.368 e. The smallest absolute Gasteiger partial charge is 0.276 e. The number of aryl methyl sites for hydroxylation is 1. The number of carbonyl (C=O) groups is 1. The number of hydrogen-bond acceptors (Lipinski definition) is 7. The van der Waals surface area contributed by atoms with Gasteiger partial charge in [0.2, 0.25) is 5.95 Å². The van der Waals surface area contributed by atoms with Gasteiger partial charge < -0.3 is 19.1 Å². The fraction of sp³-hybridized carbons (Fsp3) is 0.391. The van der Waals surface area contributed by atoms with Crippen LogP contribution in [0.4, 0.5) is 10.3 Å². The maximum Gasteiger partial charge on any atom is 0.276 e. The summed E-state index contributed by atoms with van der Waals surface area (Å²) < 4.78 is 25.2. The Labute approximate surface area is 186 Å². The Kier molecular flexibility index (Phi) is 6.45. The van der Waals surface area contributed by atoms with Crippen molar-refractivity contribution in [2.45, 2.75) is 25.9 Å². The molecule has 168 valence electrons. The number of rotatable bonds is 6. The Morgan fingerprint density at radius 3 is 2.91 bits per heavy atom. The van der Waals surface area contributed by atoms with Gasteiger partial charge in [0.1, 0.15) is 17.7 Å². The van der Waals surface area contributed by atoms with E-state index in [1.165, 1.54) is 12.1 Å². The molecule has 1 aromatic carbocycles. The summed E-state index contributed by atoms with van der Waals surface area (Å²) in [6, 6.07) is 7.97. The maximum absolute atomic E-state index is 13.9. The van der Waals surface area contributed by atoms with Gasteiger partial charge in [-0.15, -0.1) is 0 Å². The van der Waals surface area contributed by atoms with Gasteiger partial charge in [0.15, 0.2) is 5.69 Å². The van der Waals surface area contributed by atoms with Crippen LogP contribution in [0, 0.1) is 5.82 Å². The molecule has 1 fully saturated rings. The molecule has 9 heteroatoms. The Morgan fingerprint density at radius 1 is 1.31 bits per heavy atom. The van der Waals surface area contributed by atoms with Crippen LogP contribution in [0.5, 0.6) is 0 Å². The van der Waals surface area contributed by atoms with E-state index < -0.39 is 6.10 Å². The van der Waals surface area contributed by atoms with Crippen molar-refractivity contribution >= 4 is 11.9 Å². The van der Waals surface area contributed by atoms with E-state index in [0.29, 0.717) is 48.2 Å². The average Bonchev–Trinajstić information content (AvgIpc) is 3.27. The van der Waals surface area contributed by atoms with Gasteiger partial charge in [-0.25, -0.2) is 14.4 Å². The number of aromatic nitrogens is 3. The summed E-state index contributed by atoms with van der Waals surface area (Å²) in [6.45, 7) is 3.11. The van der Waals surface area contributed by atoms with E-state index in [9.17, 15) is 9.18 Å². The van der Waals surface area contributed by atoms with E-state index in [-0.39, 0.29) is 17.4 Å². The second kappa shape index (κ2) is 9.44. The third kappa shape index (κ3) is 4.62. The fourth-order valence-electron chi connectivity index (χ4n) is 3.66. The molecule has 8 nitrogen and oxygen atoms in total. The first kappa shape index (κ1) is 21.9. The topological polar surface area (TPSA) is 84.6 Å². The highest BCUT2D eigenvalue weighted by atomic mass is 19.1. The van der Waals surface area contributed by atoms with Crippen molar-refractivity contribution in [3.63, 3.8) is 0 Å². The molecule has 0 spiro atoms. The van der Waals surface area contributed by atoms with Gasteiger partial charge in [-0.05, 0) is 24.1 Å². The van der Waals surface area contributed by atoms with Gasteiger partial charge in [-0.1, -0.05) is 24.2 Å². The van der Waals surface area contributed by atoms with Crippen LogP contribution in [0.25, 0.3) is 11.1 Å². The molecule has 0 unspecified atom stereocenters. The standard InChI is InChI=1S/C23H26FN5O3/c1-4-6-17-12-19(27-32-17)22(30)29-9-10-31-20(14-29)21-18(13-25-23(26-21)28(2)3)15-7-5-8-16(24)11-15/h5,7-8,11-13,20H,4,6,9-10,14H2,1-3H3/t20-/m1/s1. The minimum absolute atomic E-state index is 0.210. The number of amides is 1. The zero-order valence-corrected chi connectivity index (χ0v) is 18.4. The van der Waals surface area contributed by atoms with E-state index in [0.717, 1.165) is 12.8 Å². The molecule has 3 heterocycles. The predicted octanol–water partition coefficient (Wildman–Crippen LogP) is 3.50. The van der Waals surface area contributed by atoms with Crippen molar-refractivity contribution in [3.05, 3.63) is 59.5 Å². The molecular weight excluding hydrogens is 413 g/mol. The molecule has 1 atom stereocenters. The lowest BCUT2D eigenvalue weighted by Crippen LogP contribution is -2.42. The molecule has 1 aliphatic heterocycles. The van der Waals surface area contributed by atoms with E-state index >= 15 is 0 Å². The zero-order valence-electron chi connectivity index (χ0n) is 18.4. The van der Waals surface area contributed by atoms with E-state index in [4.69, 9.17) is 14.2 Å². The van der Waals surface area contributed by atoms with Crippen LogP contribution in [-0.2, 0) is 11.2 Å². The van der Waals surface area contributed by atoms with Crippen LogP contribution < -0.4 is 4.90 Å². The minimum atomic E-state index is -0.491. The Bertz CT molecular complexity index is 1100. The first-order valence-corrected chi connectivity index (χ1v) is 10.6. The molecule has 0 aliphatic carbocycles. The number of morpholine rings is 1. The van der Waals surface area contributed by atoms with Gasteiger partial charge >= 0.3 is 0 Å². The van der Waals surface area contributed by atoms with Crippen molar-refractivity contribution in [1.29, 1.82) is 0 Å². The number of benzene rings is 1. The molecule has 0 N–H and O–H groups in total. The molecular formula is C23H26FN5O3. The maximum atomic E-state index is 13.9. The molecule has 1 saturated heterocycles. The second-order valence-electron chi connectivity index (χ2n) is 7.91. The summed E-state index contributed by atoms with van der Waals surface area (Å²) in [6.07, 6.45) is 2.82. The number of nitrogens with zero attached hydrogens (tertiary/aromatic N) is 5. The molecule has 0 saturated carbocycles. The molecule has 4 rings (SSSR count). The molecule has 0 radical (unpaired) electrons. The molecule has 2 aromatic heterocycles. The summed E-state index contributed by atoms with van der Waals surface area (Å²) in [5.41, 5.74) is 2.22. The van der Waals surface area contributed by atoms with Gasteiger partial charge in [0, 0.05) is 44.9 Å². The highest BCUT2D eigenvalue weighted by Gasteiger charge is 2.31. The summed E-state index contributed by atoms with van der Waals surface area (Å²) in [7, 11) is 3.69. The lowest BCUT2D eigenvalue weighted by atomic mass is 10.0. The molecule has 3 aromatic rings. The van der Waals surface area contributed by atoms with E-state index in [1.54, 1.807) is 34.2 Å². The molecule has 32 heavy (non-hydrogen) atoms. The van der Waals surface area contributed by atoms with E-state index in [2.05, 4.69) is 10.1 Å². The SMILES string of the molecule is CCCc1cc(C(=O)N2CCO[C@@H](c3nc(N(C)C)ncc3-c3cccc(F)c3)C2)no1. The lowest BCUT2D eigenvalue weighted by Gasteiger charge is -2.33. The summed E-state index contributed by atoms with van der Waals surface area (Å²) in [5, 5.41) is 3.94. The number of ether oxygens (including phenoxy) is 1. The summed E-state index contributed by atoms with van der Waals surface area (Å²) in [4.78, 5) is 25.6. The lowest BCUT2D eigenvalue weighted by molar-refractivity contribution is -0.0247. The van der Waals surface area contributed by atoms with Gasteiger partial charge in [-0.3, -0.25) is 4.79 Å².